The van der Waals surface area contributed by atoms with Gasteiger partial charge >= 0.3 is 0 Å². The van der Waals surface area contributed by atoms with E-state index in [0.717, 1.165) is 34.0 Å². The van der Waals surface area contributed by atoms with Crippen molar-refractivity contribution in [3.63, 3.8) is 0 Å². The van der Waals surface area contributed by atoms with Gasteiger partial charge in [0.05, 0.1) is 18.1 Å². The third kappa shape index (κ3) is 5.54. The number of benzene rings is 4. The van der Waals surface area contributed by atoms with Gasteiger partial charge in [-0.15, -0.1) is 0 Å². The molecule has 4 aromatic rings. The third-order valence-electron chi connectivity index (χ3n) is 6.24. The van der Waals surface area contributed by atoms with E-state index in [-0.39, 0.29) is 17.7 Å². The molecule has 1 fully saturated rings. The first-order valence-corrected chi connectivity index (χ1v) is 13.0. The van der Waals surface area contributed by atoms with Gasteiger partial charge in [0.1, 0.15) is 6.61 Å². The van der Waals surface area contributed by atoms with Crippen LogP contribution in [-0.2, 0) is 17.9 Å². The molecule has 2 amide bonds. The summed E-state index contributed by atoms with van der Waals surface area (Å²) >= 11 is 0.960. The minimum atomic E-state index is -0.284. The van der Waals surface area contributed by atoms with Crippen molar-refractivity contribution in [3.8, 4) is 11.5 Å². The Morgan fingerprint density at radius 2 is 1.62 bits per heavy atom. The number of nitrogens with zero attached hydrogens (tertiary/aromatic N) is 1. The minimum Gasteiger partial charge on any atom is -0.490 e. The van der Waals surface area contributed by atoms with Gasteiger partial charge in [-0.2, -0.15) is 0 Å². The van der Waals surface area contributed by atoms with Gasteiger partial charge in [0, 0.05) is 0 Å². The molecule has 1 aliphatic heterocycles. The summed E-state index contributed by atoms with van der Waals surface area (Å²) in [4.78, 5) is 27.3. The Hall–Kier alpha value is -4.03. The van der Waals surface area contributed by atoms with Crippen molar-refractivity contribution in [2.75, 3.05) is 6.61 Å². The molecular weight excluding hydrogens is 482 g/mol. The summed E-state index contributed by atoms with van der Waals surface area (Å²) < 4.78 is 11.9. The molecule has 0 radical (unpaired) electrons. The zero-order valence-corrected chi connectivity index (χ0v) is 21.6. The van der Waals surface area contributed by atoms with E-state index >= 15 is 0 Å². The van der Waals surface area contributed by atoms with Crippen LogP contribution in [-0.4, -0.2) is 22.7 Å². The van der Waals surface area contributed by atoms with E-state index in [4.69, 9.17) is 9.47 Å². The van der Waals surface area contributed by atoms with Crippen molar-refractivity contribution < 1.29 is 19.1 Å². The van der Waals surface area contributed by atoms with Crippen molar-refractivity contribution in [3.05, 3.63) is 112 Å². The Morgan fingerprint density at radius 3 is 2.43 bits per heavy atom. The number of imide groups is 1. The van der Waals surface area contributed by atoms with Crippen molar-refractivity contribution in [1.29, 1.82) is 0 Å². The van der Waals surface area contributed by atoms with Crippen LogP contribution < -0.4 is 9.47 Å². The molecule has 0 saturated carbocycles. The average molecular weight is 510 g/mol. The Kier molecular flexibility index (Phi) is 7.28. The molecule has 37 heavy (non-hydrogen) atoms. The molecule has 0 bridgehead atoms. The number of aryl methyl sites for hydroxylation is 1. The Bertz CT molecular complexity index is 1510. The highest BCUT2D eigenvalue weighted by molar-refractivity contribution is 8.18. The fraction of sp³-hybridized carbons (Fsp3) is 0.161. The molecule has 0 aliphatic carbocycles. The van der Waals surface area contributed by atoms with Gasteiger partial charge in [0.2, 0.25) is 0 Å². The van der Waals surface area contributed by atoms with Gasteiger partial charge in [-0.25, -0.2) is 0 Å². The molecule has 0 aromatic heterocycles. The predicted molar refractivity (Wildman–Crippen MR) is 149 cm³/mol. The van der Waals surface area contributed by atoms with Gasteiger partial charge < -0.3 is 9.47 Å². The lowest BCUT2D eigenvalue weighted by atomic mass is 10.1. The first kappa shape index (κ1) is 24.7. The zero-order chi connectivity index (χ0) is 25.8. The van der Waals surface area contributed by atoms with Crippen LogP contribution in [0.15, 0.2) is 89.8 Å². The summed E-state index contributed by atoms with van der Waals surface area (Å²) in [5.74, 6) is 0.934. The van der Waals surface area contributed by atoms with E-state index in [9.17, 15) is 9.59 Å². The summed E-state index contributed by atoms with van der Waals surface area (Å²) in [5.41, 5.74) is 3.83. The van der Waals surface area contributed by atoms with Crippen LogP contribution >= 0.6 is 11.8 Å². The van der Waals surface area contributed by atoms with Gasteiger partial charge in [0.15, 0.2) is 11.5 Å². The number of fused-ring (bicyclic) bond motifs is 1. The van der Waals surface area contributed by atoms with Gasteiger partial charge in [0.25, 0.3) is 11.1 Å². The van der Waals surface area contributed by atoms with Crippen molar-refractivity contribution in [1.82, 2.24) is 4.90 Å². The third-order valence-corrected chi connectivity index (χ3v) is 7.14. The van der Waals surface area contributed by atoms with Crippen LogP contribution in [0.1, 0.15) is 29.2 Å². The van der Waals surface area contributed by atoms with Crippen LogP contribution in [0.2, 0.25) is 0 Å². The monoisotopic (exact) mass is 509 g/mol. The summed E-state index contributed by atoms with van der Waals surface area (Å²) in [6, 6.07) is 27.8. The fourth-order valence-corrected chi connectivity index (χ4v) is 5.08. The second kappa shape index (κ2) is 10.9. The van der Waals surface area contributed by atoms with Crippen LogP contribution in [0.3, 0.4) is 0 Å². The Morgan fingerprint density at radius 1 is 0.838 bits per heavy atom. The Balaban J connectivity index is 1.32. The molecule has 186 valence electrons. The summed E-state index contributed by atoms with van der Waals surface area (Å²) in [6.07, 6.45) is 1.73. The number of hydrogen-bond acceptors (Lipinski definition) is 5. The average Bonchev–Trinajstić information content (AvgIpc) is 3.16. The maximum Gasteiger partial charge on any atom is 0.293 e. The fourth-order valence-electron chi connectivity index (χ4n) is 4.24. The van der Waals surface area contributed by atoms with Crippen LogP contribution in [0.25, 0.3) is 16.8 Å². The summed E-state index contributed by atoms with van der Waals surface area (Å²) in [6.45, 7) is 5.03. The van der Waals surface area contributed by atoms with Crippen molar-refractivity contribution >= 4 is 39.8 Å². The summed E-state index contributed by atoms with van der Waals surface area (Å²) in [5, 5.41) is 2.09. The number of rotatable bonds is 8. The van der Waals surface area contributed by atoms with Crippen LogP contribution in [0, 0.1) is 6.92 Å². The van der Waals surface area contributed by atoms with Gasteiger partial charge in [-0.1, -0.05) is 66.7 Å². The van der Waals surface area contributed by atoms with E-state index in [0.29, 0.717) is 29.6 Å². The number of amides is 2. The second-order valence-corrected chi connectivity index (χ2v) is 9.80. The zero-order valence-electron chi connectivity index (χ0n) is 20.8. The molecule has 0 spiro atoms. The maximum absolute atomic E-state index is 13.0. The number of carbonyl (C=O) groups excluding carboxylic acids is 2. The first-order valence-electron chi connectivity index (χ1n) is 12.2. The van der Waals surface area contributed by atoms with Crippen LogP contribution in [0.4, 0.5) is 4.79 Å². The van der Waals surface area contributed by atoms with E-state index in [1.807, 2.05) is 68.4 Å². The van der Waals surface area contributed by atoms with Gasteiger partial charge in [-0.05, 0) is 82.9 Å². The topological polar surface area (TPSA) is 55.8 Å². The van der Waals surface area contributed by atoms with Crippen molar-refractivity contribution in [2.24, 2.45) is 0 Å². The van der Waals surface area contributed by atoms with E-state index in [1.165, 1.54) is 15.7 Å². The standard InChI is InChI=1S/C31H27NO4S/c1-3-35-28-17-22(13-15-27(28)36-20-23-12-14-24-9-6-7-10-25(24)16-23)18-29-30(33)32(31(34)37-29)19-26-11-5-4-8-21(26)2/h4-18H,3,19-20H2,1-2H3/b29-18-. The molecule has 0 N–H and O–H groups in total. The smallest absolute Gasteiger partial charge is 0.293 e. The lowest BCUT2D eigenvalue weighted by Gasteiger charge is -2.14. The number of thioether (sulfide) groups is 1. The summed E-state index contributed by atoms with van der Waals surface area (Å²) in [7, 11) is 0. The van der Waals surface area contributed by atoms with Gasteiger partial charge in [-0.3, -0.25) is 14.5 Å². The quantitative estimate of drug-likeness (QED) is 0.232. The lowest BCUT2D eigenvalue weighted by molar-refractivity contribution is -0.123. The molecule has 1 aliphatic rings. The maximum atomic E-state index is 13.0. The molecule has 5 nitrogen and oxygen atoms in total. The highest BCUT2D eigenvalue weighted by Gasteiger charge is 2.35. The number of hydrogen-bond donors (Lipinski definition) is 0. The molecule has 6 heteroatoms. The molecule has 1 heterocycles. The molecule has 0 unspecified atom stereocenters. The lowest BCUT2D eigenvalue weighted by Crippen LogP contribution is -2.27. The molecule has 5 rings (SSSR count). The van der Waals surface area contributed by atoms with E-state index in [2.05, 4.69) is 30.3 Å². The van der Waals surface area contributed by atoms with Crippen LogP contribution in [0.5, 0.6) is 11.5 Å². The molecule has 4 aromatic carbocycles. The molecule has 1 saturated heterocycles. The predicted octanol–water partition coefficient (Wildman–Crippen LogP) is 7.36. The van der Waals surface area contributed by atoms with E-state index in [1.54, 1.807) is 6.08 Å². The first-order chi connectivity index (χ1) is 18.0. The molecule has 0 atom stereocenters. The Labute approximate surface area is 220 Å². The normalized spacial score (nSPS) is 14.5. The highest BCUT2D eigenvalue weighted by Crippen LogP contribution is 2.36. The largest absolute Gasteiger partial charge is 0.490 e. The highest BCUT2D eigenvalue weighted by atomic mass is 32.2. The SMILES string of the molecule is CCOc1cc(/C=C2\SC(=O)N(Cc3ccccc3C)C2=O)ccc1OCc1ccc2ccccc2c1. The second-order valence-electron chi connectivity index (χ2n) is 8.80. The number of ether oxygens (including phenoxy) is 2. The minimum absolute atomic E-state index is 0.264. The van der Waals surface area contributed by atoms with Crippen molar-refractivity contribution in [2.45, 2.75) is 27.0 Å². The molecular formula is C31H27NO4S. The number of carbonyl (C=O) groups is 2. The van der Waals surface area contributed by atoms with E-state index < -0.39 is 0 Å².